The van der Waals surface area contributed by atoms with Gasteiger partial charge in [0.1, 0.15) is 0 Å². The predicted molar refractivity (Wildman–Crippen MR) is 90.4 cm³/mol. The molecule has 2 fully saturated rings. The van der Waals surface area contributed by atoms with E-state index in [9.17, 15) is 0 Å². The summed E-state index contributed by atoms with van der Waals surface area (Å²) in [5.41, 5.74) is 0. The molecule has 0 aromatic heterocycles. The Hall–Kier alpha value is -0.810. The van der Waals surface area contributed by atoms with Crippen LogP contribution in [0, 0.1) is 0 Å². The number of ether oxygens (including phenoxy) is 2. The molecular formula is C17H33N3O2. The van der Waals surface area contributed by atoms with Crippen molar-refractivity contribution in [3.63, 3.8) is 0 Å². The fourth-order valence-electron chi connectivity index (χ4n) is 3.06. The summed E-state index contributed by atoms with van der Waals surface area (Å²) < 4.78 is 11.8. The molecule has 5 nitrogen and oxygen atoms in total. The highest BCUT2D eigenvalue weighted by Crippen LogP contribution is 2.17. The second kappa shape index (κ2) is 10.1. The fourth-order valence-corrected chi connectivity index (χ4v) is 3.06. The number of piperidine rings is 1. The molecule has 2 rings (SSSR count). The van der Waals surface area contributed by atoms with Crippen molar-refractivity contribution in [3.8, 4) is 0 Å². The van der Waals surface area contributed by atoms with Gasteiger partial charge >= 0.3 is 0 Å². The highest BCUT2D eigenvalue weighted by molar-refractivity contribution is 5.80. The van der Waals surface area contributed by atoms with E-state index in [0.717, 1.165) is 71.0 Å². The second-order valence-corrected chi connectivity index (χ2v) is 6.24. The maximum Gasteiger partial charge on any atom is 0.193 e. The average molecular weight is 311 g/mol. The number of likely N-dealkylation sites (tertiary alicyclic amines) is 1. The molecule has 5 heteroatoms. The molecule has 1 N–H and O–H groups in total. The molecule has 1 atom stereocenters. The fraction of sp³-hybridized carbons (Fsp3) is 0.941. The molecule has 0 radical (unpaired) electrons. The van der Waals surface area contributed by atoms with Crippen LogP contribution in [0.5, 0.6) is 0 Å². The summed E-state index contributed by atoms with van der Waals surface area (Å²) in [6.07, 6.45) is 7.63. The lowest BCUT2D eigenvalue weighted by Gasteiger charge is -2.35. The highest BCUT2D eigenvalue weighted by Gasteiger charge is 2.23. The van der Waals surface area contributed by atoms with Crippen molar-refractivity contribution in [2.75, 3.05) is 39.4 Å². The van der Waals surface area contributed by atoms with Crippen LogP contribution in [0.4, 0.5) is 0 Å². The molecule has 0 amide bonds. The lowest BCUT2D eigenvalue weighted by molar-refractivity contribution is -0.0721. The number of hydrogen-bond acceptors (Lipinski definition) is 3. The Labute approximate surface area is 135 Å². The number of rotatable bonds is 6. The van der Waals surface area contributed by atoms with Crippen molar-refractivity contribution < 1.29 is 9.47 Å². The van der Waals surface area contributed by atoms with Crippen LogP contribution in [-0.2, 0) is 9.47 Å². The predicted octanol–water partition coefficient (Wildman–Crippen LogP) is 2.41. The van der Waals surface area contributed by atoms with Crippen LogP contribution in [0.25, 0.3) is 0 Å². The van der Waals surface area contributed by atoms with E-state index < -0.39 is 0 Å². The Morgan fingerprint density at radius 3 is 2.68 bits per heavy atom. The van der Waals surface area contributed by atoms with Crippen LogP contribution in [0.3, 0.4) is 0 Å². The van der Waals surface area contributed by atoms with Gasteiger partial charge in [0.2, 0.25) is 0 Å². The van der Waals surface area contributed by atoms with Gasteiger partial charge in [-0.1, -0.05) is 6.92 Å². The first-order chi connectivity index (χ1) is 10.8. The summed E-state index contributed by atoms with van der Waals surface area (Å²) in [5, 5.41) is 3.40. The Balaban J connectivity index is 1.69. The third-order valence-corrected chi connectivity index (χ3v) is 4.35. The van der Waals surface area contributed by atoms with E-state index >= 15 is 0 Å². The number of nitrogens with zero attached hydrogens (tertiary/aromatic N) is 2. The molecule has 0 aliphatic carbocycles. The number of nitrogens with one attached hydrogen (secondary N) is 1. The molecular weight excluding hydrogens is 278 g/mol. The van der Waals surface area contributed by atoms with Gasteiger partial charge in [-0.3, -0.25) is 4.99 Å². The van der Waals surface area contributed by atoms with Crippen LogP contribution in [-0.4, -0.2) is 62.5 Å². The normalized spacial score (nSPS) is 24.5. The summed E-state index contributed by atoms with van der Waals surface area (Å²) in [5.74, 6) is 1.07. The third-order valence-electron chi connectivity index (χ3n) is 4.35. The first-order valence-electron chi connectivity index (χ1n) is 9.10. The quantitative estimate of drug-likeness (QED) is 0.604. The van der Waals surface area contributed by atoms with Gasteiger partial charge in [-0.25, -0.2) is 0 Å². The van der Waals surface area contributed by atoms with Gasteiger partial charge in [0.15, 0.2) is 5.96 Å². The van der Waals surface area contributed by atoms with Gasteiger partial charge in [0.25, 0.3) is 0 Å². The summed E-state index contributed by atoms with van der Waals surface area (Å²) in [6, 6.07) is 0. The minimum Gasteiger partial charge on any atom is -0.376 e. The van der Waals surface area contributed by atoms with Crippen LogP contribution >= 0.6 is 0 Å². The van der Waals surface area contributed by atoms with E-state index in [1.807, 2.05) is 0 Å². The average Bonchev–Trinajstić information content (AvgIpc) is 2.58. The summed E-state index contributed by atoms with van der Waals surface area (Å²) in [4.78, 5) is 7.04. The highest BCUT2D eigenvalue weighted by atomic mass is 16.5. The monoisotopic (exact) mass is 311 g/mol. The largest absolute Gasteiger partial charge is 0.376 e. The van der Waals surface area contributed by atoms with Gasteiger partial charge in [-0.15, -0.1) is 0 Å². The molecule has 0 bridgehead atoms. The van der Waals surface area contributed by atoms with Crippen LogP contribution < -0.4 is 5.32 Å². The third kappa shape index (κ3) is 5.76. The molecule has 2 aliphatic rings. The summed E-state index contributed by atoms with van der Waals surface area (Å²) in [7, 11) is 0. The van der Waals surface area contributed by atoms with E-state index in [-0.39, 0.29) is 0 Å². The molecule has 0 aromatic rings. The Morgan fingerprint density at radius 2 is 2.05 bits per heavy atom. The van der Waals surface area contributed by atoms with Gasteiger partial charge in [-0.2, -0.15) is 0 Å². The lowest BCUT2D eigenvalue weighted by atomic mass is 10.1. The topological polar surface area (TPSA) is 46.1 Å². The SMILES string of the molecule is CCCN=C(NCC)N1CCC(OCC2CCCCO2)CC1. The van der Waals surface area contributed by atoms with Crippen molar-refractivity contribution in [2.45, 2.75) is 64.6 Å². The Morgan fingerprint density at radius 1 is 1.23 bits per heavy atom. The maximum absolute atomic E-state index is 6.08. The van der Waals surface area contributed by atoms with Crippen molar-refractivity contribution in [1.29, 1.82) is 0 Å². The zero-order chi connectivity index (χ0) is 15.6. The minimum absolute atomic E-state index is 0.329. The van der Waals surface area contributed by atoms with Crippen molar-refractivity contribution in [2.24, 2.45) is 4.99 Å². The van der Waals surface area contributed by atoms with Crippen molar-refractivity contribution >= 4 is 5.96 Å². The molecule has 0 aromatic carbocycles. The van der Waals surface area contributed by atoms with E-state index in [2.05, 4.69) is 29.1 Å². The lowest BCUT2D eigenvalue weighted by Crippen LogP contribution is -2.47. The van der Waals surface area contributed by atoms with Gasteiger partial charge < -0.3 is 19.7 Å². The first-order valence-corrected chi connectivity index (χ1v) is 9.10. The zero-order valence-corrected chi connectivity index (χ0v) is 14.4. The summed E-state index contributed by atoms with van der Waals surface area (Å²) >= 11 is 0. The number of hydrogen-bond donors (Lipinski definition) is 1. The van der Waals surface area contributed by atoms with Crippen molar-refractivity contribution in [1.82, 2.24) is 10.2 Å². The van der Waals surface area contributed by atoms with Gasteiger partial charge in [0.05, 0.1) is 18.8 Å². The van der Waals surface area contributed by atoms with Crippen LogP contribution in [0.15, 0.2) is 4.99 Å². The van der Waals surface area contributed by atoms with Gasteiger partial charge in [0, 0.05) is 32.8 Å². The Kier molecular flexibility index (Phi) is 8.02. The van der Waals surface area contributed by atoms with Gasteiger partial charge in [-0.05, 0) is 45.4 Å². The maximum atomic E-state index is 6.08. The molecule has 22 heavy (non-hydrogen) atoms. The number of guanidine groups is 1. The summed E-state index contributed by atoms with van der Waals surface area (Å²) in [6.45, 7) is 9.87. The van der Waals surface area contributed by atoms with Crippen molar-refractivity contribution in [3.05, 3.63) is 0 Å². The first kappa shape index (κ1) is 17.5. The molecule has 128 valence electrons. The van der Waals surface area contributed by atoms with Crippen LogP contribution in [0.1, 0.15) is 52.4 Å². The van der Waals surface area contributed by atoms with E-state index in [4.69, 9.17) is 9.47 Å². The molecule has 2 aliphatic heterocycles. The van der Waals surface area contributed by atoms with E-state index in [1.165, 1.54) is 12.8 Å². The molecule has 0 spiro atoms. The van der Waals surface area contributed by atoms with E-state index in [0.29, 0.717) is 12.2 Å². The minimum atomic E-state index is 0.329. The standard InChI is InChI=1S/C17H33N3O2/c1-3-10-19-17(18-4-2)20-11-8-15(9-12-20)22-14-16-7-5-6-13-21-16/h15-16H,3-14H2,1-2H3,(H,18,19). The molecule has 0 saturated carbocycles. The smallest absolute Gasteiger partial charge is 0.193 e. The second-order valence-electron chi connectivity index (χ2n) is 6.24. The molecule has 1 unspecified atom stereocenters. The zero-order valence-electron chi connectivity index (χ0n) is 14.4. The molecule has 2 saturated heterocycles. The molecule has 2 heterocycles. The number of aliphatic imine (C=N–C) groups is 1. The van der Waals surface area contributed by atoms with E-state index in [1.54, 1.807) is 0 Å². The Bertz CT molecular complexity index is 322. The van der Waals surface area contributed by atoms with Crippen LogP contribution in [0.2, 0.25) is 0 Å².